The van der Waals surface area contributed by atoms with Crippen LogP contribution in [-0.2, 0) is 14.9 Å². The summed E-state index contributed by atoms with van der Waals surface area (Å²) in [5.41, 5.74) is 0.0677. The van der Waals surface area contributed by atoms with Gasteiger partial charge in [-0.2, -0.15) is 0 Å². The lowest BCUT2D eigenvalue weighted by molar-refractivity contribution is -0.150. The minimum absolute atomic E-state index is 0.0534. The Labute approximate surface area is 119 Å². The van der Waals surface area contributed by atoms with E-state index >= 15 is 0 Å². The van der Waals surface area contributed by atoms with Crippen molar-refractivity contribution in [3.05, 3.63) is 48.0 Å². The van der Waals surface area contributed by atoms with Crippen molar-refractivity contribution >= 4 is 16.7 Å². The molecule has 0 bridgehead atoms. The van der Waals surface area contributed by atoms with Crippen molar-refractivity contribution in [2.75, 3.05) is 13.2 Å². The second kappa shape index (κ2) is 6.06. The highest BCUT2D eigenvalue weighted by atomic mass is 16.5. The molecular weight excluding hydrogens is 252 g/mol. The van der Waals surface area contributed by atoms with Crippen LogP contribution >= 0.6 is 0 Å². The average Bonchev–Trinajstić information content (AvgIpc) is 2.47. The zero-order valence-electron chi connectivity index (χ0n) is 11.9. The summed E-state index contributed by atoms with van der Waals surface area (Å²) in [7, 11) is 0. The van der Waals surface area contributed by atoms with Crippen LogP contribution in [0.25, 0.3) is 10.8 Å². The zero-order valence-corrected chi connectivity index (χ0v) is 11.9. The molecule has 0 aliphatic rings. The van der Waals surface area contributed by atoms with Gasteiger partial charge in [0.2, 0.25) is 0 Å². The number of carbonyl (C=O) groups is 1. The number of carbonyl (C=O) groups excluding carboxylic acids is 1. The third kappa shape index (κ3) is 2.68. The van der Waals surface area contributed by atoms with Gasteiger partial charge in [0.15, 0.2) is 0 Å². The number of fused-ring (bicyclic) bond motifs is 1. The van der Waals surface area contributed by atoms with Crippen LogP contribution in [0.3, 0.4) is 0 Å². The van der Waals surface area contributed by atoms with E-state index in [0.717, 1.165) is 16.3 Å². The largest absolute Gasteiger partial charge is 0.465 e. The highest BCUT2D eigenvalue weighted by Crippen LogP contribution is 2.31. The summed E-state index contributed by atoms with van der Waals surface area (Å²) in [6.45, 7) is 3.90. The molecular formula is C17H20O3. The van der Waals surface area contributed by atoms with E-state index in [-0.39, 0.29) is 12.6 Å². The highest BCUT2D eigenvalue weighted by Gasteiger charge is 2.36. The van der Waals surface area contributed by atoms with Gasteiger partial charge in [-0.1, -0.05) is 42.5 Å². The Morgan fingerprint density at radius 2 is 1.90 bits per heavy atom. The standard InChI is InChI=1S/C17H20O3/c1-3-20-16(19)17(2,10-11-18)15-9-8-13-6-4-5-7-14(13)12-15/h4-9,12,18H,3,10-11H2,1-2H3. The summed E-state index contributed by atoms with van der Waals surface area (Å²) in [5.74, 6) is -0.288. The molecule has 0 aliphatic carbocycles. The molecule has 3 nitrogen and oxygen atoms in total. The van der Waals surface area contributed by atoms with E-state index in [1.54, 1.807) is 6.92 Å². The minimum Gasteiger partial charge on any atom is -0.465 e. The molecule has 0 heterocycles. The van der Waals surface area contributed by atoms with Gasteiger partial charge in [0, 0.05) is 6.61 Å². The Bertz CT molecular complexity index is 606. The predicted octanol–water partition coefficient (Wildman–Crippen LogP) is 3.04. The molecule has 1 atom stereocenters. The number of rotatable bonds is 5. The third-order valence-electron chi connectivity index (χ3n) is 3.72. The summed E-state index contributed by atoms with van der Waals surface area (Å²) < 4.78 is 5.18. The van der Waals surface area contributed by atoms with Gasteiger partial charge in [0.1, 0.15) is 0 Å². The number of benzene rings is 2. The molecule has 2 aromatic carbocycles. The minimum atomic E-state index is -0.811. The number of esters is 1. The second-order valence-electron chi connectivity index (χ2n) is 5.09. The van der Waals surface area contributed by atoms with E-state index in [9.17, 15) is 9.90 Å². The molecule has 3 heteroatoms. The molecule has 2 aromatic rings. The Balaban J connectivity index is 2.48. The monoisotopic (exact) mass is 272 g/mol. The first kappa shape index (κ1) is 14.5. The van der Waals surface area contributed by atoms with Crippen LogP contribution in [-0.4, -0.2) is 24.3 Å². The number of hydrogen-bond acceptors (Lipinski definition) is 3. The van der Waals surface area contributed by atoms with Crippen molar-refractivity contribution in [2.24, 2.45) is 0 Å². The van der Waals surface area contributed by atoms with Crippen molar-refractivity contribution in [1.82, 2.24) is 0 Å². The summed E-state index contributed by atoms with van der Waals surface area (Å²) in [5, 5.41) is 11.5. The molecule has 1 N–H and O–H groups in total. The van der Waals surface area contributed by atoms with E-state index < -0.39 is 5.41 Å². The molecule has 20 heavy (non-hydrogen) atoms. The van der Waals surface area contributed by atoms with Gasteiger partial charge in [-0.15, -0.1) is 0 Å². The molecule has 2 rings (SSSR count). The molecule has 1 unspecified atom stereocenters. The summed E-state index contributed by atoms with van der Waals surface area (Å²) in [4.78, 5) is 12.3. The fourth-order valence-electron chi connectivity index (χ4n) is 2.41. The van der Waals surface area contributed by atoms with Crippen molar-refractivity contribution in [3.8, 4) is 0 Å². The molecule has 106 valence electrons. The van der Waals surface area contributed by atoms with E-state index in [2.05, 4.69) is 0 Å². The van der Waals surface area contributed by atoms with Gasteiger partial charge >= 0.3 is 5.97 Å². The Morgan fingerprint density at radius 1 is 1.20 bits per heavy atom. The quantitative estimate of drug-likeness (QED) is 0.851. The molecule has 0 radical (unpaired) electrons. The maximum Gasteiger partial charge on any atom is 0.316 e. The Morgan fingerprint density at radius 3 is 2.55 bits per heavy atom. The van der Waals surface area contributed by atoms with E-state index in [0.29, 0.717) is 13.0 Å². The number of aliphatic hydroxyl groups excluding tert-OH is 1. The van der Waals surface area contributed by atoms with Gasteiger partial charge in [-0.05, 0) is 36.6 Å². The molecule has 0 saturated heterocycles. The Hall–Kier alpha value is -1.87. The number of hydrogen-bond donors (Lipinski definition) is 1. The topological polar surface area (TPSA) is 46.5 Å². The average molecular weight is 272 g/mol. The van der Waals surface area contributed by atoms with Crippen LogP contribution in [0.1, 0.15) is 25.8 Å². The van der Waals surface area contributed by atoms with Gasteiger partial charge in [-0.3, -0.25) is 4.79 Å². The predicted molar refractivity (Wildman–Crippen MR) is 79.6 cm³/mol. The van der Waals surface area contributed by atoms with Crippen LogP contribution in [0.15, 0.2) is 42.5 Å². The first-order valence-corrected chi connectivity index (χ1v) is 6.89. The SMILES string of the molecule is CCOC(=O)C(C)(CCO)c1ccc2ccccc2c1. The van der Waals surface area contributed by atoms with Gasteiger partial charge in [0.05, 0.1) is 12.0 Å². The van der Waals surface area contributed by atoms with Crippen LogP contribution in [0.5, 0.6) is 0 Å². The van der Waals surface area contributed by atoms with Crippen LogP contribution < -0.4 is 0 Å². The smallest absolute Gasteiger partial charge is 0.316 e. The number of aliphatic hydroxyl groups is 1. The maximum atomic E-state index is 12.3. The van der Waals surface area contributed by atoms with E-state index in [1.165, 1.54) is 0 Å². The van der Waals surface area contributed by atoms with E-state index in [4.69, 9.17) is 4.74 Å². The summed E-state index contributed by atoms with van der Waals surface area (Å²) in [6.07, 6.45) is 0.351. The normalized spacial score (nSPS) is 13.9. The van der Waals surface area contributed by atoms with Crippen molar-refractivity contribution in [3.63, 3.8) is 0 Å². The van der Waals surface area contributed by atoms with Gasteiger partial charge < -0.3 is 9.84 Å². The van der Waals surface area contributed by atoms with Gasteiger partial charge in [0.25, 0.3) is 0 Å². The molecule has 0 fully saturated rings. The van der Waals surface area contributed by atoms with Crippen molar-refractivity contribution in [1.29, 1.82) is 0 Å². The fourth-order valence-corrected chi connectivity index (χ4v) is 2.41. The molecule has 0 aliphatic heterocycles. The lowest BCUT2D eigenvalue weighted by atomic mass is 9.79. The van der Waals surface area contributed by atoms with Crippen molar-refractivity contribution in [2.45, 2.75) is 25.7 Å². The first-order chi connectivity index (χ1) is 9.61. The second-order valence-corrected chi connectivity index (χ2v) is 5.09. The van der Waals surface area contributed by atoms with Crippen molar-refractivity contribution < 1.29 is 14.6 Å². The van der Waals surface area contributed by atoms with Crippen LogP contribution in [0.4, 0.5) is 0 Å². The molecule has 0 saturated carbocycles. The first-order valence-electron chi connectivity index (χ1n) is 6.89. The molecule has 0 spiro atoms. The van der Waals surface area contributed by atoms with Crippen LogP contribution in [0, 0.1) is 0 Å². The fraction of sp³-hybridized carbons (Fsp3) is 0.353. The highest BCUT2D eigenvalue weighted by molar-refractivity contribution is 5.87. The molecule has 0 amide bonds. The zero-order chi connectivity index (χ0) is 14.6. The molecule has 0 aromatic heterocycles. The number of ether oxygens (including phenoxy) is 1. The third-order valence-corrected chi connectivity index (χ3v) is 3.72. The van der Waals surface area contributed by atoms with Gasteiger partial charge in [-0.25, -0.2) is 0 Å². The summed E-state index contributed by atoms with van der Waals surface area (Å²) in [6, 6.07) is 14.0. The van der Waals surface area contributed by atoms with E-state index in [1.807, 2.05) is 49.4 Å². The lowest BCUT2D eigenvalue weighted by Gasteiger charge is -2.27. The summed E-state index contributed by atoms with van der Waals surface area (Å²) >= 11 is 0. The lowest BCUT2D eigenvalue weighted by Crippen LogP contribution is -2.35. The van der Waals surface area contributed by atoms with Crippen LogP contribution in [0.2, 0.25) is 0 Å². The maximum absolute atomic E-state index is 12.3. The Kier molecular flexibility index (Phi) is 4.40.